The van der Waals surface area contributed by atoms with Crippen LogP contribution in [0.4, 0.5) is 4.39 Å². The van der Waals surface area contributed by atoms with E-state index in [4.69, 9.17) is 21.6 Å². The van der Waals surface area contributed by atoms with E-state index in [2.05, 4.69) is 5.32 Å². The molecule has 0 aromatic heterocycles. The number of ketones is 1. The molecule has 0 aliphatic heterocycles. The number of hydrogen-bond donors (Lipinski definition) is 1. The number of amides is 1. The second kappa shape index (κ2) is 7.57. The van der Waals surface area contributed by atoms with Gasteiger partial charge in [0.2, 0.25) is 5.91 Å². The van der Waals surface area contributed by atoms with Gasteiger partial charge in [0.1, 0.15) is 5.75 Å². The van der Waals surface area contributed by atoms with E-state index in [1.807, 2.05) is 0 Å². The molecule has 0 aliphatic carbocycles. The van der Waals surface area contributed by atoms with Gasteiger partial charge in [-0.05, 0) is 42.5 Å². The number of benzene rings is 2. The number of halogens is 2. The zero-order valence-electron chi connectivity index (χ0n) is 12.5. The molecule has 1 atom stereocenters. The maximum Gasteiger partial charge on any atom is 0.245 e. The second-order valence-corrected chi connectivity index (χ2v) is 5.18. The monoisotopic (exact) mass is 346 g/mol. The van der Waals surface area contributed by atoms with Gasteiger partial charge in [0.25, 0.3) is 0 Å². The molecule has 7 heteroatoms. The maximum absolute atomic E-state index is 14.1. The third-order valence-corrected chi connectivity index (χ3v) is 3.41. The molecule has 0 bridgehead atoms. The lowest BCUT2D eigenvalue weighted by Crippen LogP contribution is -2.32. The number of hydrogen-bond acceptors (Lipinski definition) is 4. The highest BCUT2D eigenvalue weighted by Gasteiger charge is 2.27. The molecule has 0 spiro atoms. The fourth-order valence-corrected chi connectivity index (χ4v) is 2.04. The van der Waals surface area contributed by atoms with Gasteiger partial charge in [-0.25, -0.2) is 4.39 Å². The van der Waals surface area contributed by atoms with Gasteiger partial charge < -0.3 is 10.1 Å². The number of carbonyl (C=O) groups is 2. The second-order valence-electron chi connectivity index (χ2n) is 4.74. The van der Waals surface area contributed by atoms with Crippen molar-refractivity contribution in [3.63, 3.8) is 0 Å². The van der Waals surface area contributed by atoms with E-state index in [0.717, 1.165) is 6.07 Å². The van der Waals surface area contributed by atoms with Gasteiger partial charge in [-0.3, -0.25) is 9.59 Å². The van der Waals surface area contributed by atoms with Crippen molar-refractivity contribution in [1.82, 2.24) is 5.32 Å². The highest BCUT2D eigenvalue weighted by atomic mass is 35.5. The maximum atomic E-state index is 14.1. The van der Waals surface area contributed by atoms with Crippen molar-refractivity contribution in [2.75, 3.05) is 7.05 Å². The van der Waals surface area contributed by atoms with Gasteiger partial charge in [-0.2, -0.15) is 5.26 Å². The summed E-state index contributed by atoms with van der Waals surface area (Å²) in [4.78, 5) is 23.6. The Morgan fingerprint density at radius 3 is 2.46 bits per heavy atom. The smallest absolute Gasteiger partial charge is 0.245 e. The molecule has 0 heterocycles. The molecule has 122 valence electrons. The zero-order chi connectivity index (χ0) is 17.7. The molecule has 0 aliphatic rings. The molecule has 0 saturated carbocycles. The summed E-state index contributed by atoms with van der Waals surface area (Å²) in [5.41, 5.74) is -0.0916. The highest BCUT2D eigenvalue weighted by Crippen LogP contribution is 2.27. The number of rotatable bonds is 5. The average Bonchev–Trinajstić information content (AvgIpc) is 2.58. The standard InChI is InChI=1S/C17H12ClFN2O3/c1-21-17(23)13(9-20)16(22)10-2-7-15(14(19)8-10)24-12-5-3-11(18)4-6-12/h2-8,13H,1H3,(H,21,23). The molecule has 0 radical (unpaired) electrons. The minimum Gasteiger partial charge on any atom is -0.454 e. The first-order valence-electron chi connectivity index (χ1n) is 6.84. The van der Waals surface area contributed by atoms with E-state index in [9.17, 15) is 14.0 Å². The van der Waals surface area contributed by atoms with Gasteiger partial charge in [-0.15, -0.1) is 0 Å². The van der Waals surface area contributed by atoms with E-state index in [1.165, 1.54) is 19.2 Å². The van der Waals surface area contributed by atoms with E-state index in [1.54, 1.807) is 30.3 Å². The summed E-state index contributed by atoms with van der Waals surface area (Å²) >= 11 is 5.76. The van der Waals surface area contributed by atoms with Crippen molar-refractivity contribution in [3.05, 3.63) is 58.9 Å². The molecule has 1 unspecified atom stereocenters. The molecular formula is C17H12ClFN2O3. The topological polar surface area (TPSA) is 79.2 Å². The molecule has 1 amide bonds. The van der Waals surface area contributed by atoms with Crippen molar-refractivity contribution in [3.8, 4) is 17.6 Å². The Morgan fingerprint density at radius 1 is 1.25 bits per heavy atom. The van der Waals surface area contributed by atoms with E-state index in [0.29, 0.717) is 10.8 Å². The van der Waals surface area contributed by atoms with Gasteiger partial charge in [0.15, 0.2) is 23.3 Å². The third kappa shape index (κ3) is 3.89. The normalized spacial score (nSPS) is 11.2. The van der Waals surface area contributed by atoms with Crippen molar-refractivity contribution in [1.29, 1.82) is 5.26 Å². The minimum atomic E-state index is -1.53. The Bertz CT molecular complexity index is 816. The lowest BCUT2D eigenvalue weighted by Gasteiger charge is -2.10. The highest BCUT2D eigenvalue weighted by molar-refractivity contribution is 6.30. The first kappa shape index (κ1) is 17.4. The summed E-state index contributed by atoms with van der Waals surface area (Å²) in [6, 6.07) is 11.4. The van der Waals surface area contributed by atoms with Gasteiger partial charge in [0.05, 0.1) is 6.07 Å². The molecule has 2 rings (SSSR count). The van der Waals surface area contributed by atoms with Crippen LogP contribution in [0, 0.1) is 23.1 Å². The lowest BCUT2D eigenvalue weighted by molar-refractivity contribution is -0.121. The Labute approximate surface area is 142 Å². The summed E-state index contributed by atoms with van der Waals surface area (Å²) in [5, 5.41) is 11.7. The summed E-state index contributed by atoms with van der Waals surface area (Å²) in [5.74, 6) is -3.57. The van der Waals surface area contributed by atoms with Crippen LogP contribution in [0.2, 0.25) is 5.02 Å². The average molecular weight is 347 g/mol. The van der Waals surface area contributed by atoms with Crippen LogP contribution in [0.3, 0.4) is 0 Å². The summed E-state index contributed by atoms with van der Waals surface area (Å²) in [6.45, 7) is 0. The fraction of sp³-hybridized carbons (Fsp3) is 0.118. The molecule has 5 nitrogen and oxygen atoms in total. The number of ether oxygens (including phenoxy) is 1. The van der Waals surface area contributed by atoms with Crippen LogP contribution < -0.4 is 10.1 Å². The largest absolute Gasteiger partial charge is 0.454 e. The molecule has 2 aromatic rings. The molecule has 1 N–H and O–H groups in total. The Balaban J connectivity index is 2.23. The molecular weight excluding hydrogens is 335 g/mol. The minimum absolute atomic E-state index is 0.0916. The molecule has 2 aromatic carbocycles. The van der Waals surface area contributed by atoms with Crippen LogP contribution in [0.5, 0.6) is 11.5 Å². The zero-order valence-corrected chi connectivity index (χ0v) is 13.3. The Kier molecular flexibility index (Phi) is 5.51. The van der Waals surface area contributed by atoms with Crippen LogP contribution in [0.1, 0.15) is 10.4 Å². The van der Waals surface area contributed by atoms with Crippen LogP contribution in [-0.4, -0.2) is 18.7 Å². The van der Waals surface area contributed by atoms with E-state index < -0.39 is 23.4 Å². The van der Waals surface area contributed by atoms with Crippen molar-refractivity contribution in [2.24, 2.45) is 5.92 Å². The number of nitriles is 1. The summed E-state index contributed by atoms with van der Waals surface area (Å²) in [7, 11) is 1.31. The third-order valence-electron chi connectivity index (χ3n) is 3.16. The molecule has 0 saturated heterocycles. The van der Waals surface area contributed by atoms with E-state index >= 15 is 0 Å². The Morgan fingerprint density at radius 2 is 1.92 bits per heavy atom. The van der Waals surface area contributed by atoms with Crippen LogP contribution >= 0.6 is 11.6 Å². The number of nitrogens with one attached hydrogen (secondary N) is 1. The van der Waals surface area contributed by atoms with Crippen molar-refractivity contribution in [2.45, 2.75) is 0 Å². The Hall–Kier alpha value is -2.91. The number of Topliss-reactive ketones (excluding diaryl/α,β-unsaturated/α-hetero) is 1. The predicted molar refractivity (Wildman–Crippen MR) is 85.4 cm³/mol. The summed E-state index contributed by atoms with van der Waals surface area (Å²) < 4.78 is 19.5. The van der Waals surface area contributed by atoms with Gasteiger partial charge >= 0.3 is 0 Å². The first-order chi connectivity index (χ1) is 11.5. The lowest BCUT2D eigenvalue weighted by atomic mass is 9.98. The molecule has 24 heavy (non-hydrogen) atoms. The first-order valence-corrected chi connectivity index (χ1v) is 7.22. The van der Waals surface area contributed by atoms with Gasteiger partial charge in [-0.1, -0.05) is 11.6 Å². The van der Waals surface area contributed by atoms with Crippen molar-refractivity contribution >= 4 is 23.3 Å². The molecule has 0 fully saturated rings. The van der Waals surface area contributed by atoms with Crippen LogP contribution in [-0.2, 0) is 4.79 Å². The SMILES string of the molecule is CNC(=O)C(C#N)C(=O)c1ccc(Oc2ccc(Cl)cc2)c(F)c1. The van der Waals surface area contributed by atoms with Crippen LogP contribution in [0.25, 0.3) is 0 Å². The van der Waals surface area contributed by atoms with Crippen molar-refractivity contribution < 1.29 is 18.7 Å². The quantitative estimate of drug-likeness (QED) is 0.665. The number of nitrogens with zero attached hydrogens (tertiary/aromatic N) is 1. The number of carbonyl (C=O) groups excluding carboxylic acids is 2. The van der Waals surface area contributed by atoms with Gasteiger partial charge in [0, 0.05) is 17.6 Å². The van der Waals surface area contributed by atoms with Crippen LogP contribution in [0.15, 0.2) is 42.5 Å². The van der Waals surface area contributed by atoms with E-state index in [-0.39, 0.29) is 11.3 Å². The fourth-order valence-electron chi connectivity index (χ4n) is 1.91. The predicted octanol–water partition coefficient (Wildman–Crippen LogP) is 3.34. The summed E-state index contributed by atoms with van der Waals surface area (Å²) in [6.07, 6.45) is 0.